The highest BCUT2D eigenvalue weighted by Gasteiger charge is 2.32. The molecule has 1 atom stereocenters. The summed E-state index contributed by atoms with van der Waals surface area (Å²) in [5.74, 6) is -0.335. The molecule has 2 aromatic rings. The molecule has 2 nitrogen and oxygen atoms in total. The minimum absolute atomic E-state index is 0.335. The predicted octanol–water partition coefficient (Wildman–Crippen LogP) is 3.95. The van der Waals surface area contributed by atoms with E-state index < -0.39 is 6.10 Å². The van der Waals surface area contributed by atoms with Gasteiger partial charge in [-0.3, -0.25) is 0 Å². The summed E-state index contributed by atoms with van der Waals surface area (Å²) in [6.45, 7) is 1.69. The van der Waals surface area contributed by atoms with E-state index in [2.05, 4.69) is 0 Å². The van der Waals surface area contributed by atoms with Crippen LogP contribution in [0.5, 0.6) is 0 Å². The number of hydrogen-bond donors (Lipinski definition) is 0. The molecule has 0 bridgehead atoms. The maximum absolute atomic E-state index is 11.5. The highest BCUT2D eigenvalue weighted by molar-refractivity contribution is 6.33. The lowest BCUT2D eigenvalue weighted by Gasteiger charge is -2.13. The van der Waals surface area contributed by atoms with Gasteiger partial charge in [0.05, 0.1) is 10.6 Å². The number of benzene rings is 2. The average Bonchev–Trinajstić information content (AvgIpc) is 2.66. The molecule has 0 aliphatic carbocycles. The van der Waals surface area contributed by atoms with Crippen LogP contribution in [0.3, 0.4) is 0 Å². The molecule has 2 aromatic carbocycles. The first-order chi connectivity index (χ1) is 8.68. The molecule has 0 aromatic heterocycles. The lowest BCUT2D eigenvalue weighted by molar-refractivity contribution is -0.139. The molecular formula is C15H11ClO2. The van der Waals surface area contributed by atoms with Crippen LogP contribution in [0.25, 0.3) is 10.8 Å². The van der Waals surface area contributed by atoms with Crippen LogP contribution in [-0.4, -0.2) is 5.97 Å². The van der Waals surface area contributed by atoms with Gasteiger partial charge in [-0.1, -0.05) is 54.1 Å². The van der Waals surface area contributed by atoms with Crippen LogP contribution in [0.1, 0.15) is 18.6 Å². The largest absolute Gasteiger partial charge is 0.448 e. The van der Waals surface area contributed by atoms with E-state index in [1.54, 1.807) is 6.92 Å². The van der Waals surface area contributed by atoms with Crippen LogP contribution in [0.4, 0.5) is 0 Å². The van der Waals surface area contributed by atoms with Gasteiger partial charge in [0.25, 0.3) is 0 Å². The molecule has 1 aliphatic heterocycles. The SMILES string of the molecule is CC1=C(Cl)C(c2cccc3ccccc23)OC1=O. The molecule has 0 amide bonds. The van der Waals surface area contributed by atoms with Crippen molar-refractivity contribution in [3.05, 3.63) is 58.6 Å². The summed E-state index contributed by atoms with van der Waals surface area (Å²) >= 11 is 6.19. The van der Waals surface area contributed by atoms with Gasteiger partial charge in [-0.2, -0.15) is 0 Å². The second-order valence-corrected chi connectivity index (χ2v) is 4.73. The van der Waals surface area contributed by atoms with Gasteiger partial charge in [-0.25, -0.2) is 4.79 Å². The fourth-order valence-electron chi connectivity index (χ4n) is 2.22. The van der Waals surface area contributed by atoms with Gasteiger partial charge in [0.1, 0.15) is 0 Å². The Hall–Kier alpha value is -1.80. The molecule has 18 heavy (non-hydrogen) atoms. The Bertz CT molecular complexity index is 668. The number of ether oxygens (including phenoxy) is 1. The van der Waals surface area contributed by atoms with E-state index in [9.17, 15) is 4.79 Å². The monoisotopic (exact) mass is 258 g/mol. The zero-order chi connectivity index (χ0) is 12.7. The van der Waals surface area contributed by atoms with E-state index in [1.807, 2.05) is 42.5 Å². The Kier molecular flexibility index (Phi) is 2.60. The number of hydrogen-bond acceptors (Lipinski definition) is 2. The Morgan fingerprint density at radius 2 is 1.83 bits per heavy atom. The fraction of sp³-hybridized carbons (Fsp3) is 0.133. The number of halogens is 1. The van der Waals surface area contributed by atoms with Crippen molar-refractivity contribution in [3.8, 4) is 0 Å². The minimum atomic E-state index is -0.467. The lowest BCUT2D eigenvalue weighted by Crippen LogP contribution is -2.02. The number of rotatable bonds is 1. The molecule has 90 valence electrons. The van der Waals surface area contributed by atoms with Crippen molar-refractivity contribution < 1.29 is 9.53 Å². The second-order valence-electron chi connectivity index (χ2n) is 4.33. The number of fused-ring (bicyclic) bond motifs is 1. The van der Waals surface area contributed by atoms with Crippen molar-refractivity contribution in [2.75, 3.05) is 0 Å². The molecule has 0 spiro atoms. The van der Waals surface area contributed by atoms with Gasteiger partial charge >= 0.3 is 5.97 Å². The van der Waals surface area contributed by atoms with E-state index in [-0.39, 0.29) is 5.97 Å². The van der Waals surface area contributed by atoms with Crippen LogP contribution in [0, 0.1) is 0 Å². The molecule has 0 N–H and O–H groups in total. The standard InChI is InChI=1S/C15H11ClO2/c1-9-13(16)14(18-15(9)17)12-8-4-6-10-5-2-3-7-11(10)12/h2-8,14H,1H3. The van der Waals surface area contributed by atoms with Crippen LogP contribution in [-0.2, 0) is 9.53 Å². The normalized spacial score (nSPS) is 19.4. The molecular weight excluding hydrogens is 248 g/mol. The molecule has 3 heteroatoms. The number of cyclic esters (lactones) is 1. The summed E-state index contributed by atoms with van der Waals surface area (Å²) in [5.41, 5.74) is 1.43. The van der Waals surface area contributed by atoms with Crippen molar-refractivity contribution in [3.63, 3.8) is 0 Å². The van der Waals surface area contributed by atoms with Crippen LogP contribution >= 0.6 is 11.6 Å². The minimum Gasteiger partial charge on any atom is -0.448 e. The Balaban J connectivity index is 2.20. The number of carbonyl (C=O) groups excluding carboxylic acids is 1. The molecule has 0 saturated carbocycles. The van der Waals surface area contributed by atoms with Crippen LogP contribution < -0.4 is 0 Å². The van der Waals surface area contributed by atoms with Crippen LogP contribution in [0.2, 0.25) is 0 Å². The van der Waals surface area contributed by atoms with E-state index in [0.29, 0.717) is 10.6 Å². The Morgan fingerprint density at radius 3 is 2.56 bits per heavy atom. The number of carbonyl (C=O) groups is 1. The highest BCUT2D eigenvalue weighted by atomic mass is 35.5. The first-order valence-corrected chi connectivity index (χ1v) is 6.11. The summed E-state index contributed by atoms with van der Waals surface area (Å²) in [5, 5.41) is 2.65. The third kappa shape index (κ3) is 1.61. The van der Waals surface area contributed by atoms with Gasteiger partial charge in [0.2, 0.25) is 0 Å². The van der Waals surface area contributed by atoms with Gasteiger partial charge in [-0.05, 0) is 17.7 Å². The zero-order valence-corrected chi connectivity index (χ0v) is 10.6. The first-order valence-electron chi connectivity index (χ1n) is 5.73. The van der Waals surface area contributed by atoms with Gasteiger partial charge in [-0.15, -0.1) is 0 Å². The fourth-order valence-corrected chi connectivity index (χ4v) is 2.46. The summed E-state index contributed by atoms with van der Waals surface area (Å²) in [6, 6.07) is 13.9. The lowest BCUT2D eigenvalue weighted by atomic mass is 10.00. The summed E-state index contributed by atoms with van der Waals surface area (Å²) in [7, 11) is 0. The second kappa shape index (κ2) is 4.14. The van der Waals surface area contributed by atoms with Crippen molar-refractivity contribution in [2.45, 2.75) is 13.0 Å². The van der Waals surface area contributed by atoms with Crippen molar-refractivity contribution in [2.24, 2.45) is 0 Å². The van der Waals surface area contributed by atoms with Crippen molar-refractivity contribution in [1.29, 1.82) is 0 Å². The van der Waals surface area contributed by atoms with Gasteiger partial charge in [0.15, 0.2) is 6.10 Å². The molecule has 0 saturated heterocycles. The van der Waals surface area contributed by atoms with Crippen molar-refractivity contribution >= 4 is 28.3 Å². The molecule has 1 aliphatic rings. The van der Waals surface area contributed by atoms with E-state index in [0.717, 1.165) is 16.3 Å². The van der Waals surface area contributed by atoms with Gasteiger partial charge < -0.3 is 4.74 Å². The summed E-state index contributed by atoms with van der Waals surface area (Å²) < 4.78 is 5.34. The highest BCUT2D eigenvalue weighted by Crippen LogP contribution is 2.39. The van der Waals surface area contributed by atoms with Gasteiger partial charge in [0, 0.05) is 5.56 Å². The molecule has 1 heterocycles. The third-order valence-electron chi connectivity index (χ3n) is 3.23. The maximum Gasteiger partial charge on any atom is 0.336 e. The maximum atomic E-state index is 11.5. The predicted molar refractivity (Wildman–Crippen MR) is 71.3 cm³/mol. The Labute approximate surface area is 110 Å². The molecule has 0 radical (unpaired) electrons. The summed E-state index contributed by atoms with van der Waals surface area (Å²) in [4.78, 5) is 11.5. The number of esters is 1. The molecule has 3 rings (SSSR count). The topological polar surface area (TPSA) is 26.3 Å². The Morgan fingerprint density at radius 1 is 1.11 bits per heavy atom. The quantitative estimate of drug-likeness (QED) is 0.724. The summed E-state index contributed by atoms with van der Waals surface area (Å²) in [6.07, 6.45) is -0.467. The van der Waals surface area contributed by atoms with Crippen molar-refractivity contribution in [1.82, 2.24) is 0 Å². The first kappa shape index (κ1) is 11.3. The van der Waals surface area contributed by atoms with E-state index in [1.165, 1.54) is 0 Å². The molecule has 0 fully saturated rings. The smallest absolute Gasteiger partial charge is 0.336 e. The van der Waals surface area contributed by atoms with E-state index >= 15 is 0 Å². The third-order valence-corrected chi connectivity index (χ3v) is 3.71. The zero-order valence-electron chi connectivity index (χ0n) is 9.81. The molecule has 1 unspecified atom stereocenters. The van der Waals surface area contributed by atoms with E-state index in [4.69, 9.17) is 16.3 Å². The van der Waals surface area contributed by atoms with Crippen LogP contribution in [0.15, 0.2) is 53.1 Å². The average molecular weight is 259 g/mol.